The molecular formula is C11H14N2O6. The molecule has 0 saturated heterocycles. The molecular weight excluding hydrogens is 256 g/mol. The minimum atomic E-state index is -0.767. The Kier molecular flexibility index (Phi) is 5.71. The number of nitro benzene ring substituents is 1. The van der Waals surface area contributed by atoms with E-state index in [9.17, 15) is 20.0 Å². The maximum Gasteiger partial charge on any atom is 0.311 e. The molecule has 0 fully saturated rings. The van der Waals surface area contributed by atoms with E-state index in [4.69, 9.17) is 9.84 Å². The molecule has 8 nitrogen and oxygen atoms in total. The van der Waals surface area contributed by atoms with Gasteiger partial charge in [-0.1, -0.05) is 0 Å². The molecule has 3 N–H and O–H groups in total. The normalized spacial score (nSPS) is 10.2. The van der Waals surface area contributed by atoms with E-state index < -0.39 is 22.3 Å². The predicted molar refractivity (Wildman–Crippen MR) is 65.0 cm³/mol. The highest BCUT2D eigenvalue weighted by Gasteiger charge is 2.16. The molecule has 0 spiro atoms. The molecule has 0 radical (unpaired) electrons. The first-order valence-corrected chi connectivity index (χ1v) is 5.50. The maximum atomic E-state index is 11.6. The summed E-state index contributed by atoms with van der Waals surface area (Å²) in [5, 5.41) is 30.8. The summed E-state index contributed by atoms with van der Waals surface area (Å²) in [7, 11) is 0. The number of ether oxygens (including phenoxy) is 1. The Hall–Kier alpha value is -2.19. The number of carbonyl (C=O) groups excluding carboxylic acids is 1. The molecule has 19 heavy (non-hydrogen) atoms. The van der Waals surface area contributed by atoms with E-state index in [0.717, 1.165) is 12.1 Å². The van der Waals surface area contributed by atoms with E-state index in [2.05, 4.69) is 5.32 Å². The fourth-order valence-corrected chi connectivity index (χ4v) is 1.32. The van der Waals surface area contributed by atoms with Crippen LogP contribution in [0.25, 0.3) is 0 Å². The zero-order valence-corrected chi connectivity index (χ0v) is 10.0. The maximum absolute atomic E-state index is 11.6. The molecule has 0 aromatic heterocycles. The first-order chi connectivity index (χ1) is 9.06. The van der Waals surface area contributed by atoms with E-state index in [1.54, 1.807) is 0 Å². The second kappa shape index (κ2) is 7.29. The van der Waals surface area contributed by atoms with Crippen LogP contribution in [0.1, 0.15) is 10.4 Å². The molecule has 0 aliphatic rings. The van der Waals surface area contributed by atoms with Gasteiger partial charge in [-0.15, -0.1) is 0 Å². The number of aliphatic hydroxyl groups excluding tert-OH is 1. The van der Waals surface area contributed by atoms with Gasteiger partial charge in [0.1, 0.15) is 0 Å². The summed E-state index contributed by atoms with van der Waals surface area (Å²) in [5.74, 6) is -0.997. The Morgan fingerprint density at radius 3 is 2.79 bits per heavy atom. The van der Waals surface area contributed by atoms with Gasteiger partial charge in [-0.3, -0.25) is 14.9 Å². The largest absolute Gasteiger partial charge is 0.502 e. The van der Waals surface area contributed by atoms with Crippen molar-refractivity contribution in [1.82, 2.24) is 5.32 Å². The number of nitrogens with one attached hydrogen (secondary N) is 1. The van der Waals surface area contributed by atoms with E-state index >= 15 is 0 Å². The van der Waals surface area contributed by atoms with Gasteiger partial charge in [0.05, 0.1) is 24.7 Å². The Bertz CT molecular complexity index is 462. The van der Waals surface area contributed by atoms with Crippen LogP contribution in [0.15, 0.2) is 18.2 Å². The van der Waals surface area contributed by atoms with Crippen LogP contribution in [-0.4, -0.2) is 47.4 Å². The predicted octanol–water partition coefficient (Wildman–Crippen LogP) is 0.0391. The van der Waals surface area contributed by atoms with Gasteiger partial charge < -0.3 is 20.3 Å². The van der Waals surface area contributed by atoms with Crippen molar-refractivity contribution < 1.29 is 24.7 Å². The number of benzene rings is 1. The lowest BCUT2D eigenvalue weighted by Crippen LogP contribution is -2.27. The van der Waals surface area contributed by atoms with Gasteiger partial charge in [0.15, 0.2) is 5.75 Å². The molecule has 1 aromatic carbocycles. The molecule has 0 unspecified atom stereocenters. The van der Waals surface area contributed by atoms with Gasteiger partial charge in [0, 0.05) is 18.2 Å². The van der Waals surface area contributed by atoms with Crippen LogP contribution in [0.2, 0.25) is 0 Å². The fourth-order valence-electron chi connectivity index (χ4n) is 1.32. The third-order valence-electron chi connectivity index (χ3n) is 2.20. The zero-order valence-electron chi connectivity index (χ0n) is 10.0. The number of hydrogen-bond donors (Lipinski definition) is 3. The number of hydrogen-bond acceptors (Lipinski definition) is 6. The Morgan fingerprint density at radius 1 is 1.42 bits per heavy atom. The molecule has 0 aliphatic heterocycles. The molecule has 1 amide bonds. The number of aromatic hydroxyl groups is 1. The second-order valence-electron chi connectivity index (χ2n) is 3.55. The summed E-state index contributed by atoms with van der Waals surface area (Å²) < 4.78 is 4.94. The Labute approximate surface area is 108 Å². The SMILES string of the molecule is O=C(NCCOCCO)c1ccc(O)c([N+](=O)[O-])c1. The number of nitrogens with zero attached hydrogens (tertiary/aromatic N) is 1. The number of phenols is 1. The average Bonchev–Trinajstić information content (AvgIpc) is 2.38. The van der Waals surface area contributed by atoms with Crippen molar-refractivity contribution in [2.24, 2.45) is 0 Å². The van der Waals surface area contributed by atoms with Crippen molar-refractivity contribution in [2.45, 2.75) is 0 Å². The third kappa shape index (κ3) is 4.53. The number of rotatable bonds is 7. The minimum Gasteiger partial charge on any atom is -0.502 e. The van der Waals surface area contributed by atoms with Crippen molar-refractivity contribution in [3.63, 3.8) is 0 Å². The standard InChI is InChI=1S/C11H14N2O6/c14-4-6-19-5-3-12-11(16)8-1-2-10(15)9(7-8)13(17)18/h1-2,7,14-15H,3-6H2,(H,12,16). The highest BCUT2D eigenvalue weighted by molar-refractivity contribution is 5.95. The highest BCUT2D eigenvalue weighted by Crippen LogP contribution is 2.26. The van der Waals surface area contributed by atoms with Gasteiger partial charge in [-0.25, -0.2) is 0 Å². The molecule has 1 aromatic rings. The molecule has 1 rings (SSSR count). The van der Waals surface area contributed by atoms with Crippen LogP contribution in [-0.2, 0) is 4.74 Å². The smallest absolute Gasteiger partial charge is 0.311 e. The number of amides is 1. The molecule has 0 heterocycles. The van der Waals surface area contributed by atoms with Gasteiger partial charge in [-0.05, 0) is 12.1 Å². The number of nitro groups is 1. The monoisotopic (exact) mass is 270 g/mol. The molecule has 0 saturated carbocycles. The number of aliphatic hydroxyl groups is 1. The van der Waals surface area contributed by atoms with E-state index in [0.29, 0.717) is 0 Å². The summed E-state index contributed by atoms with van der Waals surface area (Å²) in [6.45, 7) is 0.526. The first kappa shape index (κ1) is 14.9. The highest BCUT2D eigenvalue weighted by atomic mass is 16.6. The quantitative estimate of drug-likeness (QED) is 0.365. The number of carbonyl (C=O) groups is 1. The van der Waals surface area contributed by atoms with Gasteiger partial charge in [-0.2, -0.15) is 0 Å². The van der Waals surface area contributed by atoms with Crippen LogP contribution in [0, 0.1) is 10.1 Å². The third-order valence-corrected chi connectivity index (χ3v) is 2.20. The van der Waals surface area contributed by atoms with Crippen molar-refractivity contribution in [3.8, 4) is 5.75 Å². The van der Waals surface area contributed by atoms with Crippen molar-refractivity contribution in [3.05, 3.63) is 33.9 Å². The molecule has 104 valence electrons. The lowest BCUT2D eigenvalue weighted by Gasteiger charge is -2.06. The Balaban J connectivity index is 2.57. The van der Waals surface area contributed by atoms with Crippen LogP contribution >= 0.6 is 0 Å². The summed E-state index contributed by atoms with van der Waals surface area (Å²) in [6, 6.07) is 3.38. The van der Waals surface area contributed by atoms with Crippen LogP contribution < -0.4 is 5.32 Å². The number of phenolic OH excluding ortho intramolecular Hbond substituents is 1. The molecule has 0 atom stereocenters. The van der Waals surface area contributed by atoms with Gasteiger partial charge >= 0.3 is 5.69 Å². The summed E-state index contributed by atoms with van der Waals surface area (Å²) >= 11 is 0. The van der Waals surface area contributed by atoms with Crippen molar-refractivity contribution >= 4 is 11.6 Å². The topological polar surface area (TPSA) is 122 Å². The van der Waals surface area contributed by atoms with Crippen LogP contribution in [0.3, 0.4) is 0 Å². The summed E-state index contributed by atoms with van der Waals surface area (Å²) in [4.78, 5) is 21.5. The van der Waals surface area contributed by atoms with E-state index in [-0.39, 0.29) is 31.9 Å². The first-order valence-electron chi connectivity index (χ1n) is 5.50. The zero-order chi connectivity index (χ0) is 14.3. The lowest BCUT2D eigenvalue weighted by molar-refractivity contribution is -0.385. The molecule has 0 bridgehead atoms. The van der Waals surface area contributed by atoms with Gasteiger partial charge in [0.25, 0.3) is 5.91 Å². The average molecular weight is 270 g/mol. The summed E-state index contributed by atoms with van der Waals surface area (Å²) in [5.41, 5.74) is -0.448. The van der Waals surface area contributed by atoms with E-state index in [1.165, 1.54) is 6.07 Å². The molecule has 0 aliphatic carbocycles. The van der Waals surface area contributed by atoms with E-state index in [1.807, 2.05) is 0 Å². The van der Waals surface area contributed by atoms with Crippen LogP contribution in [0.4, 0.5) is 5.69 Å². The van der Waals surface area contributed by atoms with Crippen molar-refractivity contribution in [1.29, 1.82) is 0 Å². The lowest BCUT2D eigenvalue weighted by atomic mass is 10.2. The Morgan fingerprint density at radius 2 is 2.16 bits per heavy atom. The molecule has 8 heteroatoms. The second-order valence-corrected chi connectivity index (χ2v) is 3.55. The summed E-state index contributed by atoms with van der Waals surface area (Å²) in [6.07, 6.45) is 0. The minimum absolute atomic E-state index is 0.0756. The van der Waals surface area contributed by atoms with Crippen molar-refractivity contribution in [2.75, 3.05) is 26.4 Å². The van der Waals surface area contributed by atoms with Gasteiger partial charge in [0.2, 0.25) is 0 Å². The fraction of sp³-hybridized carbons (Fsp3) is 0.364. The van der Waals surface area contributed by atoms with Crippen LogP contribution in [0.5, 0.6) is 5.75 Å².